The van der Waals surface area contributed by atoms with Crippen molar-refractivity contribution in [3.8, 4) is 0 Å². The van der Waals surface area contributed by atoms with E-state index in [1.54, 1.807) is 28.6 Å². The summed E-state index contributed by atoms with van der Waals surface area (Å²) < 4.78 is 1.10. The van der Waals surface area contributed by atoms with E-state index in [1.165, 1.54) is 11.1 Å². The molecule has 29 heavy (non-hydrogen) atoms. The number of carbonyl (C=O) groups is 1. The summed E-state index contributed by atoms with van der Waals surface area (Å²) in [4.78, 5) is 24.3. The lowest BCUT2D eigenvalue weighted by Crippen LogP contribution is -2.30. The summed E-state index contributed by atoms with van der Waals surface area (Å²) in [6.07, 6.45) is 3.53. The first-order valence-electron chi connectivity index (χ1n) is 9.58. The van der Waals surface area contributed by atoms with Crippen LogP contribution in [-0.2, 0) is 6.54 Å². The lowest BCUT2D eigenvalue weighted by atomic mass is 10.1. The molecule has 0 saturated heterocycles. The van der Waals surface area contributed by atoms with Gasteiger partial charge in [0.15, 0.2) is 5.13 Å². The zero-order valence-corrected chi connectivity index (χ0v) is 17.9. The molecule has 4 nitrogen and oxygen atoms in total. The maximum Gasteiger partial charge on any atom is 0.260 e. The van der Waals surface area contributed by atoms with Crippen molar-refractivity contribution in [2.24, 2.45) is 0 Å². The standard InChI is InChI=1S/C24H23N3OS/c1-15-10-18(4)22-21(11-15)29-24(26-22)27(14-19-6-5-9-25-13-19)23(28)20-8-7-16(2)17(3)12-20/h5-13H,14H2,1-4H3. The Kier molecular flexibility index (Phi) is 5.16. The number of hydrogen-bond donors (Lipinski definition) is 0. The topological polar surface area (TPSA) is 46.1 Å². The molecule has 0 saturated carbocycles. The van der Waals surface area contributed by atoms with Gasteiger partial charge in [0.05, 0.1) is 16.8 Å². The highest BCUT2D eigenvalue weighted by atomic mass is 32.1. The number of hydrogen-bond acceptors (Lipinski definition) is 4. The number of rotatable bonds is 4. The number of anilines is 1. The van der Waals surface area contributed by atoms with Gasteiger partial charge < -0.3 is 0 Å². The lowest BCUT2D eigenvalue weighted by Gasteiger charge is -2.20. The molecule has 0 atom stereocenters. The predicted octanol–water partition coefficient (Wildman–Crippen LogP) is 5.77. The summed E-state index contributed by atoms with van der Waals surface area (Å²) in [5, 5.41) is 0.709. The highest BCUT2D eigenvalue weighted by Crippen LogP contribution is 2.33. The molecule has 0 aliphatic rings. The minimum Gasteiger partial charge on any atom is -0.279 e. The first-order chi connectivity index (χ1) is 13.9. The van der Waals surface area contributed by atoms with Gasteiger partial charge in [0, 0.05) is 18.0 Å². The molecule has 2 aromatic carbocycles. The quantitative estimate of drug-likeness (QED) is 0.436. The minimum absolute atomic E-state index is 0.0506. The summed E-state index contributed by atoms with van der Waals surface area (Å²) >= 11 is 1.56. The van der Waals surface area contributed by atoms with Gasteiger partial charge in [0.25, 0.3) is 5.91 Å². The molecule has 0 spiro atoms. The van der Waals surface area contributed by atoms with E-state index < -0.39 is 0 Å². The fourth-order valence-electron chi connectivity index (χ4n) is 3.41. The summed E-state index contributed by atoms with van der Waals surface area (Å²) in [6, 6.07) is 14.0. The first-order valence-corrected chi connectivity index (χ1v) is 10.4. The molecule has 1 amide bonds. The third-order valence-electron chi connectivity index (χ3n) is 5.11. The van der Waals surface area contributed by atoms with Crippen LogP contribution in [0.3, 0.4) is 0 Å². The fourth-order valence-corrected chi connectivity index (χ4v) is 4.54. The molecular weight excluding hydrogens is 378 g/mol. The number of aromatic nitrogens is 2. The Morgan fingerprint density at radius 1 is 1.00 bits per heavy atom. The van der Waals surface area contributed by atoms with Gasteiger partial charge >= 0.3 is 0 Å². The number of pyridine rings is 1. The first kappa shape index (κ1) is 19.3. The van der Waals surface area contributed by atoms with Gasteiger partial charge in [-0.3, -0.25) is 14.7 Å². The Morgan fingerprint density at radius 2 is 1.83 bits per heavy atom. The van der Waals surface area contributed by atoms with Gasteiger partial charge in [-0.1, -0.05) is 29.5 Å². The Bertz CT molecular complexity index is 1200. The van der Waals surface area contributed by atoms with Gasteiger partial charge in [-0.05, 0) is 79.8 Å². The van der Waals surface area contributed by atoms with E-state index in [9.17, 15) is 4.79 Å². The van der Waals surface area contributed by atoms with Crippen LogP contribution in [0.1, 0.15) is 38.2 Å². The van der Waals surface area contributed by atoms with Crippen molar-refractivity contribution in [2.45, 2.75) is 34.2 Å². The largest absolute Gasteiger partial charge is 0.279 e. The smallest absolute Gasteiger partial charge is 0.260 e. The lowest BCUT2D eigenvalue weighted by molar-refractivity contribution is 0.0985. The molecular formula is C24H23N3OS. The molecule has 2 heterocycles. The van der Waals surface area contributed by atoms with Crippen LogP contribution in [0.4, 0.5) is 5.13 Å². The number of benzene rings is 2. The zero-order chi connectivity index (χ0) is 20.5. The molecule has 0 unspecified atom stereocenters. The minimum atomic E-state index is -0.0506. The Balaban J connectivity index is 1.80. The van der Waals surface area contributed by atoms with E-state index in [0.717, 1.165) is 26.9 Å². The number of amides is 1. The summed E-state index contributed by atoms with van der Waals surface area (Å²) in [5.74, 6) is -0.0506. The van der Waals surface area contributed by atoms with Crippen LogP contribution >= 0.6 is 11.3 Å². The van der Waals surface area contributed by atoms with Gasteiger partial charge in [0.2, 0.25) is 0 Å². The maximum atomic E-state index is 13.5. The Hall–Kier alpha value is -3.05. The third-order valence-corrected chi connectivity index (χ3v) is 6.14. The van der Waals surface area contributed by atoms with E-state index in [4.69, 9.17) is 4.98 Å². The van der Waals surface area contributed by atoms with E-state index >= 15 is 0 Å². The van der Waals surface area contributed by atoms with Crippen LogP contribution in [0.5, 0.6) is 0 Å². The van der Waals surface area contributed by atoms with Crippen molar-refractivity contribution < 1.29 is 4.79 Å². The van der Waals surface area contributed by atoms with Crippen LogP contribution in [-0.4, -0.2) is 15.9 Å². The van der Waals surface area contributed by atoms with E-state index in [-0.39, 0.29) is 5.91 Å². The third kappa shape index (κ3) is 3.91. The second-order valence-electron chi connectivity index (χ2n) is 7.48. The number of aryl methyl sites for hydroxylation is 4. The summed E-state index contributed by atoms with van der Waals surface area (Å²) in [7, 11) is 0. The van der Waals surface area contributed by atoms with Crippen LogP contribution in [0, 0.1) is 27.7 Å². The number of fused-ring (bicyclic) bond motifs is 1. The van der Waals surface area contributed by atoms with Crippen LogP contribution in [0.15, 0.2) is 54.9 Å². The maximum absolute atomic E-state index is 13.5. The average molecular weight is 402 g/mol. The van der Waals surface area contributed by atoms with Crippen LogP contribution in [0.25, 0.3) is 10.2 Å². The van der Waals surface area contributed by atoms with Gasteiger partial charge in [-0.2, -0.15) is 0 Å². The summed E-state index contributed by atoms with van der Waals surface area (Å²) in [5.41, 5.74) is 7.20. The highest BCUT2D eigenvalue weighted by molar-refractivity contribution is 7.22. The van der Waals surface area contributed by atoms with Gasteiger partial charge in [0.1, 0.15) is 0 Å². The second kappa shape index (κ2) is 7.76. The van der Waals surface area contributed by atoms with Gasteiger partial charge in [-0.25, -0.2) is 4.98 Å². The average Bonchev–Trinajstić information content (AvgIpc) is 3.12. The van der Waals surface area contributed by atoms with Crippen molar-refractivity contribution in [2.75, 3.05) is 4.90 Å². The molecule has 4 rings (SSSR count). The Labute approximate surface area is 174 Å². The predicted molar refractivity (Wildman–Crippen MR) is 120 cm³/mol. The fraction of sp³-hybridized carbons (Fsp3) is 0.208. The number of carbonyl (C=O) groups excluding carboxylic acids is 1. The van der Waals surface area contributed by atoms with E-state index in [0.29, 0.717) is 17.2 Å². The highest BCUT2D eigenvalue weighted by Gasteiger charge is 2.22. The molecule has 5 heteroatoms. The molecule has 0 fully saturated rings. The summed E-state index contributed by atoms with van der Waals surface area (Å²) in [6.45, 7) is 8.66. The van der Waals surface area contributed by atoms with Crippen molar-refractivity contribution >= 4 is 32.6 Å². The Morgan fingerprint density at radius 3 is 2.55 bits per heavy atom. The SMILES string of the molecule is Cc1cc(C)c2nc(N(Cc3cccnc3)C(=O)c3ccc(C)c(C)c3)sc2c1. The molecule has 0 aliphatic carbocycles. The van der Waals surface area contributed by atoms with Crippen LogP contribution < -0.4 is 4.90 Å². The number of nitrogens with zero attached hydrogens (tertiary/aromatic N) is 3. The molecule has 0 aliphatic heterocycles. The number of thiazole rings is 1. The van der Waals surface area contributed by atoms with E-state index in [1.807, 2.05) is 37.3 Å². The second-order valence-corrected chi connectivity index (χ2v) is 8.49. The van der Waals surface area contributed by atoms with Crippen molar-refractivity contribution in [3.05, 3.63) is 88.2 Å². The van der Waals surface area contributed by atoms with E-state index in [2.05, 4.69) is 37.9 Å². The normalized spacial score (nSPS) is 11.0. The molecule has 146 valence electrons. The van der Waals surface area contributed by atoms with Crippen molar-refractivity contribution in [3.63, 3.8) is 0 Å². The molecule has 4 aromatic rings. The molecule has 0 N–H and O–H groups in total. The van der Waals surface area contributed by atoms with Crippen LogP contribution in [0.2, 0.25) is 0 Å². The monoisotopic (exact) mass is 401 g/mol. The molecule has 0 radical (unpaired) electrons. The zero-order valence-electron chi connectivity index (χ0n) is 17.1. The molecule has 2 aromatic heterocycles. The van der Waals surface area contributed by atoms with Gasteiger partial charge in [-0.15, -0.1) is 0 Å². The molecule has 0 bridgehead atoms. The van der Waals surface area contributed by atoms with Crippen molar-refractivity contribution in [1.29, 1.82) is 0 Å². The van der Waals surface area contributed by atoms with Crippen molar-refractivity contribution in [1.82, 2.24) is 9.97 Å².